The van der Waals surface area contributed by atoms with Gasteiger partial charge in [0.25, 0.3) is 11.8 Å². The minimum absolute atomic E-state index is 0.246. The van der Waals surface area contributed by atoms with Gasteiger partial charge in [0, 0.05) is 20.2 Å². The van der Waals surface area contributed by atoms with Crippen molar-refractivity contribution in [3.63, 3.8) is 0 Å². The first-order valence-electron chi connectivity index (χ1n) is 17.4. The second-order valence-electron chi connectivity index (χ2n) is 13.8. The van der Waals surface area contributed by atoms with E-state index in [0.29, 0.717) is 13.0 Å². The zero-order chi connectivity index (χ0) is 35.8. The summed E-state index contributed by atoms with van der Waals surface area (Å²) >= 11 is 0. The Morgan fingerprint density at radius 1 is 0.755 bits per heavy atom. The zero-order valence-electron chi connectivity index (χ0n) is 30.5. The number of rotatable bonds is 20. The van der Waals surface area contributed by atoms with Gasteiger partial charge in [0.2, 0.25) is 0 Å². The van der Waals surface area contributed by atoms with Crippen LogP contribution in [-0.4, -0.2) is 74.4 Å². The van der Waals surface area contributed by atoms with Crippen LogP contribution in [0.1, 0.15) is 81.5 Å². The van der Waals surface area contributed by atoms with Gasteiger partial charge in [0.1, 0.15) is 12.2 Å². The predicted octanol–water partition coefficient (Wildman–Crippen LogP) is 6.83. The SMILES string of the molecule is CONC(=O)CO[C@@H](C(=O)OC(C)(C)C)[C@@H](OCCCCCc1ccc(C)c(C)c1)C(=O)N(C)CCCCCc1ccc2ccccc2c1. The molecule has 0 aliphatic carbocycles. The molecule has 49 heavy (non-hydrogen) atoms. The number of nitrogens with zero attached hydrogens (tertiary/aromatic N) is 1. The van der Waals surface area contributed by atoms with Crippen molar-refractivity contribution in [1.29, 1.82) is 0 Å². The van der Waals surface area contributed by atoms with Crippen molar-refractivity contribution in [2.75, 3.05) is 33.9 Å². The molecule has 0 saturated heterocycles. The number of ether oxygens (including phenoxy) is 3. The molecule has 3 aromatic carbocycles. The molecule has 0 unspecified atom stereocenters. The number of hydrogen-bond acceptors (Lipinski definition) is 7. The first-order chi connectivity index (χ1) is 23.4. The van der Waals surface area contributed by atoms with Crippen molar-refractivity contribution >= 4 is 28.6 Å². The summed E-state index contributed by atoms with van der Waals surface area (Å²) in [4.78, 5) is 45.7. The summed E-state index contributed by atoms with van der Waals surface area (Å²) in [6.07, 6.45) is 4.42. The topological polar surface area (TPSA) is 103 Å². The number of carbonyl (C=O) groups excluding carboxylic acids is 3. The number of nitrogens with one attached hydrogen (secondary N) is 1. The standard InChI is InChI=1S/C40H56N2O7/c1-29-20-21-31(26-30(29)2)16-11-9-15-25-47-36(37(39(45)49-40(3,4)5)48-28-35(43)41-46-7)38(44)42(6)24-14-8-10-17-32-22-23-33-18-12-13-19-34(33)27-32/h12-13,18-23,26-27,36-37H,8-11,14-17,24-25,28H2,1-7H3,(H,41,43)/t36-,37-/m1/s1. The van der Waals surface area contributed by atoms with Crippen LogP contribution in [0.2, 0.25) is 0 Å². The molecule has 1 N–H and O–H groups in total. The van der Waals surface area contributed by atoms with E-state index in [2.05, 4.69) is 78.8 Å². The molecular formula is C40H56N2O7. The number of esters is 1. The first-order valence-corrected chi connectivity index (χ1v) is 17.4. The summed E-state index contributed by atoms with van der Waals surface area (Å²) in [5.41, 5.74) is 6.48. The van der Waals surface area contributed by atoms with E-state index in [4.69, 9.17) is 14.2 Å². The number of carbonyl (C=O) groups is 3. The molecule has 0 radical (unpaired) electrons. The molecule has 9 heteroatoms. The fourth-order valence-corrected chi connectivity index (χ4v) is 5.59. The minimum Gasteiger partial charge on any atom is -0.458 e. The normalized spacial score (nSPS) is 12.8. The molecule has 2 atom stereocenters. The largest absolute Gasteiger partial charge is 0.458 e. The Morgan fingerprint density at radius 2 is 1.41 bits per heavy atom. The fraction of sp³-hybridized carbons (Fsp3) is 0.525. The third kappa shape index (κ3) is 13.9. The average molecular weight is 677 g/mol. The zero-order valence-corrected chi connectivity index (χ0v) is 30.5. The lowest BCUT2D eigenvalue weighted by atomic mass is 10.0. The third-order valence-corrected chi connectivity index (χ3v) is 8.39. The molecule has 268 valence electrons. The van der Waals surface area contributed by atoms with E-state index >= 15 is 0 Å². The van der Waals surface area contributed by atoms with Crippen LogP contribution in [-0.2, 0) is 46.3 Å². The maximum Gasteiger partial charge on any atom is 0.339 e. The minimum atomic E-state index is -1.44. The lowest BCUT2D eigenvalue weighted by molar-refractivity contribution is -0.186. The second-order valence-corrected chi connectivity index (χ2v) is 13.8. The number of benzene rings is 3. The highest BCUT2D eigenvalue weighted by Crippen LogP contribution is 2.19. The highest BCUT2D eigenvalue weighted by molar-refractivity contribution is 5.89. The lowest BCUT2D eigenvalue weighted by Gasteiger charge is -2.31. The van der Waals surface area contributed by atoms with Crippen molar-refractivity contribution < 1.29 is 33.4 Å². The van der Waals surface area contributed by atoms with E-state index in [1.807, 2.05) is 6.07 Å². The van der Waals surface area contributed by atoms with Gasteiger partial charge in [-0.3, -0.25) is 14.4 Å². The summed E-state index contributed by atoms with van der Waals surface area (Å²) in [6.45, 7) is 9.64. The highest BCUT2D eigenvalue weighted by atomic mass is 16.6. The molecule has 3 aromatic rings. The summed E-state index contributed by atoms with van der Waals surface area (Å²) in [5.74, 6) is -1.77. The van der Waals surface area contributed by atoms with Crippen LogP contribution in [0, 0.1) is 13.8 Å². The predicted molar refractivity (Wildman–Crippen MR) is 193 cm³/mol. The molecule has 0 bridgehead atoms. The summed E-state index contributed by atoms with van der Waals surface area (Å²) in [5, 5.41) is 2.47. The molecule has 3 rings (SSSR count). The third-order valence-electron chi connectivity index (χ3n) is 8.39. The molecule has 0 heterocycles. The van der Waals surface area contributed by atoms with Crippen molar-refractivity contribution in [2.45, 2.75) is 104 Å². The maximum absolute atomic E-state index is 13.9. The van der Waals surface area contributed by atoms with Crippen LogP contribution in [0.25, 0.3) is 10.8 Å². The van der Waals surface area contributed by atoms with Crippen LogP contribution in [0.4, 0.5) is 0 Å². The summed E-state index contributed by atoms with van der Waals surface area (Å²) in [6, 6.07) is 21.4. The molecule has 0 aliphatic rings. The van der Waals surface area contributed by atoms with Crippen molar-refractivity contribution in [1.82, 2.24) is 10.4 Å². The Morgan fingerprint density at radius 3 is 2.08 bits per heavy atom. The Hall–Kier alpha value is -3.79. The van der Waals surface area contributed by atoms with Gasteiger partial charge in [0.15, 0.2) is 12.2 Å². The molecule has 9 nitrogen and oxygen atoms in total. The van der Waals surface area contributed by atoms with Crippen LogP contribution >= 0.6 is 0 Å². The van der Waals surface area contributed by atoms with Crippen LogP contribution in [0.3, 0.4) is 0 Å². The van der Waals surface area contributed by atoms with Gasteiger partial charge < -0.3 is 19.1 Å². The lowest BCUT2D eigenvalue weighted by Crippen LogP contribution is -2.51. The Bertz CT molecular complexity index is 1500. The van der Waals surface area contributed by atoms with Crippen molar-refractivity contribution in [3.05, 3.63) is 82.9 Å². The molecular weight excluding hydrogens is 620 g/mol. The van der Waals surface area contributed by atoms with Crippen molar-refractivity contribution in [2.24, 2.45) is 0 Å². The maximum atomic E-state index is 13.9. The molecule has 0 spiro atoms. The monoisotopic (exact) mass is 676 g/mol. The molecule has 0 fully saturated rings. The molecule has 0 aliphatic heterocycles. The van der Waals surface area contributed by atoms with E-state index in [-0.39, 0.29) is 6.61 Å². The van der Waals surface area contributed by atoms with E-state index < -0.39 is 42.2 Å². The van der Waals surface area contributed by atoms with Gasteiger partial charge in [-0.15, -0.1) is 0 Å². The Labute approximate surface area is 292 Å². The molecule has 0 saturated carbocycles. The van der Waals surface area contributed by atoms with Crippen LogP contribution in [0.15, 0.2) is 60.7 Å². The van der Waals surface area contributed by atoms with Gasteiger partial charge >= 0.3 is 5.97 Å². The van der Waals surface area contributed by atoms with Crippen molar-refractivity contribution in [3.8, 4) is 0 Å². The Balaban J connectivity index is 1.61. The van der Waals surface area contributed by atoms with Gasteiger partial charge in [-0.05, 0) is 106 Å². The van der Waals surface area contributed by atoms with Crippen LogP contribution < -0.4 is 5.48 Å². The van der Waals surface area contributed by atoms with Gasteiger partial charge in [-0.25, -0.2) is 10.3 Å². The number of amides is 2. The molecule has 0 aromatic heterocycles. The summed E-state index contributed by atoms with van der Waals surface area (Å²) in [7, 11) is 3.00. The van der Waals surface area contributed by atoms with E-state index in [1.165, 1.54) is 40.1 Å². The first kappa shape index (κ1) is 39.6. The number of aryl methyl sites for hydroxylation is 4. The van der Waals surface area contributed by atoms with E-state index in [1.54, 1.807) is 32.7 Å². The summed E-state index contributed by atoms with van der Waals surface area (Å²) < 4.78 is 17.5. The number of hydrogen-bond donors (Lipinski definition) is 1. The van der Waals surface area contributed by atoms with E-state index in [0.717, 1.165) is 44.9 Å². The second kappa shape index (κ2) is 20.0. The van der Waals surface area contributed by atoms with Gasteiger partial charge in [-0.2, -0.15) is 0 Å². The number of fused-ring (bicyclic) bond motifs is 1. The van der Waals surface area contributed by atoms with Gasteiger partial charge in [0.05, 0.1) is 7.11 Å². The Kier molecular flexibility index (Phi) is 16.2. The quantitative estimate of drug-likeness (QED) is 0.0795. The fourth-order valence-electron chi connectivity index (χ4n) is 5.59. The number of likely N-dealkylation sites (N-methyl/N-ethyl adjacent to an activating group) is 1. The average Bonchev–Trinajstić information content (AvgIpc) is 3.05. The smallest absolute Gasteiger partial charge is 0.339 e. The molecule has 2 amide bonds. The van der Waals surface area contributed by atoms with Gasteiger partial charge in [-0.1, -0.05) is 73.5 Å². The van der Waals surface area contributed by atoms with E-state index in [9.17, 15) is 14.4 Å². The highest BCUT2D eigenvalue weighted by Gasteiger charge is 2.40. The van der Waals surface area contributed by atoms with Crippen LogP contribution in [0.5, 0.6) is 0 Å². The number of unbranched alkanes of at least 4 members (excludes halogenated alkanes) is 4. The number of hydroxylamine groups is 1.